The fourth-order valence-electron chi connectivity index (χ4n) is 2.65. The van der Waals surface area contributed by atoms with Crippen LogP contribution in [-0.2, 0) is 16.1 Å². The summed E-state index contributed by atoms with van der Waals surface area (Å²) in [6.07, 6.45) is -0.00375. The van der Waals surface area contributed by atoms with E-state index in [1.165, 1.54) is 4.90 Å². The van der Waals surface area contributed by atoms with Gasteiger partial charge in [0.1, 0.15) is 6.04 Å². The molecule has 1 atom stereocenters. The highest BCUT2D eigenvalue weighted by Gasteiger charge is 2.38. The molecule has 0 saturated carbocycles. The van der Waals surface area contributed by atoms with Crippen molar-refractivity contribution in [2.75, 3.05) is 5.73 Å². The Labute approximate surface area is 144 Å². The van der Waals surface area contributed by atoms with Crippen molar-refractivity contribution in [2.24, 2.45) is 0 Å². The van der Waals surface area contributed by atoms with Crippen molar-refractivity contribution in [3.63, 3.8) is 0 Å². The number of nitrogens with one attached hydrogen (secondary N) is 2. The van der Waals surface area contributed by atoms with E-state index in [-0.39, 0.29) is 24.8 Å². The quantitative estimate of drug-likeness (QED) is 0.425. The number of anilines is 1. The number of nitrogens with two attached hydrogens (primary N) is 1. The number of imide groups is 1. The molecule has 7 nitrogen and oxygen atoms in total. The van der Waals surface area contributed by atoms with Gasteiger partial charge in [0.2, 0.25) is 11.8 Å². The summed E-state index contributed by atoms with van der Waals surface area (Å²) in [6, 6.07) is 15.1. The molecule has 3 rings (SSSR count). The summed E-state index contributed by atoms with van der Waals surface area (Å²) in [5, 5.41) is 0. The number of carbonyl (C=O) groups excluding carboxylic acids is 3. The molecule has 1 heterocycles. The Balaban J connectivity index is 1.61. The molecule has 128 valence electrons. The van der Waals surface area contributed by atoms with E-state index >= 15 is 0 Å². The maximum absolute atomic E-state index is 12.4. The third-order valence-corrected chi connectivity index (χ3v) is 3.99. The van der Waals surface area contributed by atoms with E-state index in [9.17, 15) is 14.4 Å². The summed E-state index contributed by atoms with van der Waals surface area (Å²) in [7, 11) is 0. The molecule has 0 spiro atoms. The van der Waals surface area contributed by atoms with E-state index in [1.54, 1.807) is 24.3 Å². The Bertz CT molecular complexity index is 807. The molecule has 4 N–H and O–H groups in total. The minimum Gasteiger partial charge on any atom is -0.398 e. The normalized spacial score (nSPS) is 17.0. The lowest BCUT2D eigenvalue weighted by molar-refractivity contribution is -0.139. The average Bonchev–Trinajstić information content (AvgIpc) is 2.88. The van der Waals surface area contributed by atoms with E-state index in [2.05, 4.69) is 10.9 Å². The summed E-state index contributed by atoms with van der Waals surface area (Å²) < 4.78 is 0. The van der Waals surface area contributed by atoms with Crippen LogP contribution in [0.2, 0.25) is 0 Å². The number of carbonyl (C=O) groups is 3. The van der Waals surface area contributed by atoms with Gasteiger partial charge in [-0.3, -0.25) is 24.7 Å². The topological polar surface area (TPSA) is 105 Å². The summed E-state index contributed by atoms with van der Waals surface area (Å²) in [4.78, 5) is 37.8. The SMILES string of the molecule is Nc1ccccc1C(=O)NNC1CC(=O)N(Cc2ccccc2)C1=O. The monoisotopic (exact) mass is 338 g/mol. The lowest BCUT2D eigenvalue weighted by atomic mass is 10.2. The third-order valence-electron chi connectivity index (χ3n) is 3.99. The molecule has 1 aliphatic rings. The number of likely N-dealkylation sites (tertiary alicyclic amines) is 1. The fourth-order valence-corrected chi connectivity index (χ4v) is 2.65. The Morgan fingerprint density at radius 1 is 1.08 bits per heavy atom. The first kappa shape index (κ1) is 16.7. The van der Waals surface area contributed by atoms with Gasteiger partial charge in [0.15, 0.2) is 0 Å². The van der Waals surface area contributed by atoms with Crippen LogP contribution in [0.15, 0.2) is 54.6 Å². The summed E-state index contributed by atoms with van der Waals surface area (Å²) in [5.41, 5.74) is 12.3. The van der Waals surface area contributed by atoms with E-state index in [0.29, 0.717) is 11.3 Å². The summed E-state index contributed by atoms with van der Waals surface area (Å²) in [6.45, 7) is 0.219. The summed E-state index contributed by atoms with van der Waals surface area (Å²) >= 11 is 0. The van der Waals surface area contributed by atoms with Gasteiger partial charge in [-0.25, -0.2) is 5.43 Å². The minimum atomic E-state index is -0.787. The van der Waals surface area contributed by atoms with Crippen LogP contribution in [0.5, 0.6) is 0 Å². The van der Waals surface area contributed by atoms with Crippen molar-refractivity contribution in [1.29, 1.82) is 0 Å². The first-order chi connectivity index (χ1) is 12.1. The highest BCUT2D eigenvalue weighted by atomic mass is 16.2. The second-order valence-electron chi connectivity index (χ2n) is 5.75. The second-order valence-corrected chi connectivity index (χ2v) is 5.75. The molecular formula is C18H18N4O3. The van der Waals surface area contributed by atoms with Gasteiger partial charge >= 0.3 is 0 Å². The number of nitrogens with zero attached hydrogens (tertiary/aromatic N) is 1. The smallest absolute Gasteiger partial charge is 0.267 e. The molecule has 1 fully saturated rings. The second kappa shape index (κ2) is 7.14. The maximum atomic E-state index is 12.4. The van der Waals surface area contributed by atoms with Crippen LogP contribution in [0.1, 0.15) is 22.3 Å². The van der Waals surface area contributed by atoms with Gasteiger partial charge in [-0.05, 0) is 17.7 Å². The zero-order chi connectivity index (χ0) is 17.8. The Morgan fingerprint density at radius 2 is 1.76 bits per heavy atom. The molecule has 1 saturated heterocycles. The van der Waals surface area contributed by atoms with Crippen molar-refractivity contribution >= 4 is 23.4 Å². The number of hydrogen-bond acceptors (Lipinski definition) is 5. The van der Waals surface area contributed by atoms with Crippen LogP contribution in [0.25, 0.3) is 0 Å². The molecule has 0 aromatic heterocycles. The van der Waals surface area contributed by atoms with E-state index in [4.69, 9.17) is 5.73 Å². The molecular weight excluding hydrogens is 320 g/mol. The predicted molar refractivity (Wildman–Crippen MR) is 91.9 cm³/mol. The fraction of sp³-hybridized carbons (Fsp3) is 0.167. The van der Waals surface area contributed by atoms with Crippen molar-refractivity contribution in [2.45, 2.75) is 19.0 Å². The number of amides is 3. The molecule has 3 amide bonds. The lowest BCUT2D eigenvalue weighted by Crippen LogP contribution is -2.48. The van der Waals surface area contributed by atoms with Gasteiger partial charge in [-0.1, -0.05) is 42.5 Å². The van der Waals surface area contributed by atoms with Crippen LogP contribution in [0.3, 0.4) is 0 Å². The number of benzene rings is 2. The van der Waals surface area contributed by atoms with Crippen molar-refractivity contribution in [3.8, 4) is 0 Å². The molecule has 0 aliphatic carbocycles. The van der Waals surface area contributed by atoms with Gasteiger partial charge in [-0.15, -0.1) is 0 Å². The Hall–Kier alpha value is -3.19. The van der Waals surface area contributed by atoms with Crippen molar-refractivity contribution < 1.29 is 14.4 Å². The molecule has 2 aromatic rings. The van der Waals surface area contributed by atoms with Gasteiger partial charge in [0.05, 0.1) is 18.5 Å². The van der Waals surface area contributed by atoms with Crippen molar-refractivity contribution in [3.05, 3.63) is 65.7 Å². The van der Waals surface area contributed by atoms with Crippen LogP contribution >= 0.6 is 0 Å². The molecule has 0 bridgehead atoms. The number of hydrazine groups is 1. The van der Waals surface area contributed by atoms with Gasteiger partial charge < -0.3 is 5.73 Å². The first-order valence-corrected chi connectivity index (χ1v) is 7.85. The Kier molecular flexibility index (Phi) is 4.76. The molecule has 0 radical (unpaired) electrons. The third kappa shape index (κ3) is 3.67. The van der Waals surface area contributed by atoms with Crippen LogP contribution < -0.4 is 16.6 Å². The lowest BCUT2D eigenvalue weighted by Gasteiger charge is -2.16. The predicted octanol–water partition coefficient (Wildman–Crippen LogP) is 0.831. The van der Waals surface area contributed by atoms with Crippen LogP contribution in [0.4, 0.5) is 5.69 Å². The van der Waals surface area contributed by atoms with Crippen LogP contribution in [0, 0.1) is 0 Å². The highest BCUT2D eigenvalue weighted by Crippen LogP contribution is 2.16. The van der Waals surface area contributed by atoms with E-state index in [1.807, 2.05) is 30.3 Å². The first-order valence-electron chi connectivity index (χ1n) is 7.85. The standard InChI is InChI=1S/C18H18N4O3/c19-14-9-5-4-8-13(14)17(24)21-20-15-10-16(23)22(18(15)25)11-12-6-2-1-3-7-12/h1-9,15,20H,10-11,19H2,(H,21,24). The Morgan fingerprint density at radius 3 is 2.48 bits per heavy atom. The average molecular weight is 338 g/mol. The number of rotatable bonds is 5. The van der Waals surface area contributed by atoms with Crippen molar-refractivity contribution in [1.82, 2.24) is 15.8 Å². The zero-order valence-electron chi connectivity index (χ0n) is 13.4. The molecule has 7 heteroatoms. The largest absolute Gasteiger partial charge is 0.398 e. The van der Waals surface area contributed by atoms with Crippen LogP contribution in [-0.4, -0.2) is 28.7 Å². The zero-order valence-corrected chi connectivity index (χ0v) is 13.4. The molecule has 2 aromatic carbocycles. The number of hydrogen-bond donors (Lipinski definition) is 3. The summed E-state index contributed by atoms with van der Waals surface area (Å²) in [5.74, 6) is -1.10. The van der Waals surface area contributed by atoms with Gasteiger partial charge in [0, 0.05) is 5.69 Å². The van der Waals surface area contributed by atoms with E-state index < -0.39 is 11.9 Å². The molecule has 1 unspecified atom stereocenters. The highest BCUT2D eigenvalue weighted by molar-refractivity contribution is 6.06. The number of nitrogen functional groups attached to an aromatic ring is 1. The van der Waals surface area contributed by atoms with Gasteiger partial charge in [-0.2, -0.15) is 0 Å². The minimum absolute atomic E-state index is 0.00375. The maximum Gasteiger partial charge on any atom is 0.267 e. The van der Waals surface area contributed by atoms with Gasteiger partial charge in [0.25, 0.3) is 5.91 Å². The molecule has 1 aliphatic heterocycles. The number of para-hydroxylation sites is 1. The van der Waals surface area contributed by atoms with E-state index in [0.717, 1.165) is 5.56 Å². The molecule has 25 heavy (non-hydrogen) atoms.